The van der Waals surface area contributed by atoms with E-state index in [2.05, 4.69) is 10.3 Å². The van der Waals surface area contributed by atoms with Crippen LogP contribution in [0, 0.1) is 0 Å². The second-order valence-corrected chi connectivity index (χ2v) is 9.59. The summed E-state index contributed by atoms with van der Waals surface area (Å²) in [4.78, 5) is 31.3. The lowest BCUT2D eigenvalue weighted by Gasteiger charge is -2.20. The highest BCUT2D eigenvalue weighted by molar-refractivity contribution is 5.89. The maximum absolute atomic E-state index is 13.4. The number of H-pyrrole nitrogens is 1. The Bertz CT molecular complexity index is 1460. The van der Waals surface area contributed by atoms with Gasteiger partial charge in [-0.2, -0.15) is 0 Å². The Balaban J connectivity index is 1.28. The van der Waals surface area contributed by atoms with Crippen LogP contribution in [-0.4, -0.2) is 45.9 Å². The maximum Gasteiger partial charge on any atom is 0.227 e. The van der Waals surface area contributed by atoms with Crippen molar-refractivity contribution < 1.29 is 19.4 Å². The zero-order chi connectivity index (χ0) is 24.6. The van der Waals surface area contributed by atoms with Gasteiger partial charge in [0, 0.05) is 42.5 Å². The SMILES string of the molecule is O=C1CCc2ccc(O)c(c2)Oc2cccc(c2)[C@@H]2CN(C(=O)Cc3c[nH]c4ccccc34)C[C@H]2N1. The molecular weight excluding hydrogens is 454 g/mol. The molecule has 182 valence electrons. The molecule has 4 bridgehead atoms. The Morgan fingerprint density at radius 3 is 2.83 bits per heavy atom. The van der Waals surface area contributed by atoms with E-state index in [1.54, 1.807) is 18.2 Å². The number of aromatic nitrogens is 1. The van der Waals surface area contributed by atoms with Crippen molar-refractivity contribution >= 4 is 22.7 Å². The molecule has 4 aromatic rings. The van der Waals surface area contributed by atoms with Crippen molar-refractivity contribution in [3.05, 3.63) is 89.6 Å². The molecule has 2 aliphatic heterocycles. The predicted molar refractivity (Wildman–Crippen MR) is 136 cm³/mol. The lowest BCUT2D eigenvalue weighted by molar-refractivity contribution is -0.130. The highest BCUT2D eigenvalue weighted by Crippen LogP contribution is 2.35. The molecule has 3 N–H and O–H groups in total. The molecule has 2 amide bonds. The summed E-state index contributed by atoms with van der Waals surface area (Å²) >= 11 is 0. The average Bonchev–Trinajstić information content (AvgIpc) is 3.49. The number of hydrogen-bond donors (Lipinski definition) is 3. The third kappa shape index (κ3) is 4.28. The third-order valence-electron chi connectivity index (χ3n) is 7.21. The molecule has 0 unspecified atom stereocenters. The van der Waals surface area contributed by atoms with Crippen LogP contribution in [-0.2, 0) is 22.4 Å². The number of hydrogen-bond acceptors (Lipinski definition) is 4. The van der Waals surface area contributed by atoms with Gasteiger partial charge in [-0.15, -0.1) is 0 Å². The molecule has 0 radical (unpaired) electrons. The predicted octanol–water partition coefficient (Wildman–Crippen LogP) is 4.27. The van der Waals surface area contributed by atoms with Gasteiger partial charge in [-0.1, -0.05) is 36.4 Å². The number of fused-ring (bicyclic) bond motifs is 7. The van der Waals surface area contributed by atoms with Crippen LogP contribution in [0.25, 0.3) is 10.9 Å². The fraction of sp³-hybridized carbons (Fsp3) is 0.241. The Kier molecular flexibility index (Phi) is 5.60. The number of carbonyl (C=O) groups is 2. The van der Waals surface area contributed by atoms with Gasteiger partial charge in [0.25, 0.3) is 0 Å². The van der Waals surface area contributed by atoms with Crippen LogP contribution in [0.1, 0.15) is 29.0 Å². The first kappa shape index (κ1) is 22.2. The van der Waals surface area contributed by atoms with E-state index in [1.807, 2.05) is 59.6 Å². The first-order valence-corrected chi connectivity index (χ1v) is 12.3. The number of nitrogens with one attached hydrogen (secondary N) is 2. The van der Waals surface area contributed by atoms with Crippen molar-refractivity contribution in [2.24, 2.45) is 0 Å². The number of likely N-dealkylation sites (tertiary alicyclic amines) is 1. The van der Waals surface area contributed by atoms with Crippen molar-refractivity contribution in [2.75, 3.05) is 13.1 Å². The summed E-state index contributed by atoms with van der Waals surface area (Å²) in [6, 6.07) is 20.6. The molecule has 2 atom stereocenters. The van der Waals surface area contributed by atoms with Crippen LogP contribution in [0.4, 0.5) is 0 Å². The minimum absolute atomic E-state index is 0.0370. The molecule has 1 saturated heterocycles. The summed E-state index contributed by atoms with van der Waals surface area (Å²) in [6.45, 7) is 0.964. The van der Waals surface area contributed by atoms with Crippen molar-refractivity contribution in [3.63, 3.8) is 0 Å². The van der Waals surface area contributed by atoms with E-state index in [1.165, 1.54) is 0 Å². The summed E-state index contributed by atoms with van der Waals surface area (Å²) in [5.41, 5.74) is 3.87. The van der Waals surface area contributed by atoms with Crippen molar-refractivity contribution in [3.8, 4) is 17.2 Å². The van der Waals surface area contributed by atoms with E-state index in [0.29, 0.717) is 43.9 Å². The number of benzene rings is 3. The van der Waals surface area contributed by atoms with E-state index in [9.17, 15) is 14.7 Å². The topological polar surface area (TPSA) is 94.7 Å². The first-order chi connectivity index (χ1) is 17.5. The Labute approximate surface area is 208 Å². The Hall–Kier alpha value is -4.26. The van der Waals surface area contributed by atoms with Gasteiger partial charge in [0.15, 0.2) is 11.5 Å². The maximum atomic E-state index is 13.4. The number of carbonyl (C=O) groups excluding carboxylic acids is 2. The summed E-state index contributed by atoms with van der Waals surface area (Å²) in [6.07, 6.45) is 3.04. The van der Waals surface area contributed by atoms with Crippen LogP contribution in [0.5, 0.6) is 17.2 Å². The van der Waals surface area contributed by atoms with Crippen molar-refractivity contribution in [1.29, 1.82) is 0 Å². The second kappa shape index (κ2) is 9.07. The number of amides is 2. The van der Waals surface area contributed by atoms with Crippen molar-refractivity contribution in [2.45, 2.75) is 31.2 Å². The van der Waals surface area contributed by atoms with Crippen LogP contribution in [0.2, 0.25) is 0 Å². The normalized spacial score (nSPS) is 19.4. The fourth-order valence-electron chi connectivity index (χ4n) is 5.31. The highest BCUT2D eigenvalue weighted by atomic mass is 16.5. The molecule has 6 rings (SSSR count). The molecule has 36 heavy (non-hydrogen) atoms. The van der Waals surface area contributed by atoms with Crippen LogP contribution in [0.3, 0.4) is 0 Å². The number of phenols is 1. The number of rotatable bonds is 2. The summed E-state index contributed by atoms with van der Waals surface area (Å²) < 4.78 is 6.02. The number of aryl methyl sites for hydroxylation is 1. The molecule has 3 aromatic carbocycles. The molecular formula is C29H27N3O4. The second-order valence-electron chi connectivity index (χ2n) is 9.59. The van der Waals surface area contributed by atoms with Gasteiger partial charge in [0.1, 0.15) is 5.75 Å². The molecule has 1 fully saturated rings. The monoisotopic (exact) mass is 481 g/mol. The molecule has 3 heterocycles. The average molecular weight is 482 g/mol. The number of nitrogens with zero attached hydrogens (tertiary/aromatic N) is 1. The molecule has 7 nitrogen and oxygen atoms in total. The number of ether oxygens (including phenoxy) is 1. The lowest BCUT2D eigenvalue weighted by atomic mass is 9.94. The van der Waals surface area contributed by atoms with Gasteiger partial charge in [-0.25, -0.2) is 0 Å². The zero-order valence-corrected chi connectivity index (χ0v) is 19.7. The minimum atomic E-state index is -0.197. The van der Waals surface area contributed by atoms with Gasteiger partial charge in [0.05, 0.1) is 12.5 Å². The van der Waals surface area contributed by atoms with E-state index >= 15 is 0 Å². The zero-order valence-electron chi connectivity index (χ0n) is 19.7. The van der Waals surface area contributed by atoms with E-state index < -0.39 is 0 Å². The largest absolute Gasteiger partial charge is 0.504 e. The van der Waals surface area contributed by atoms with E-state index in [0.717, 1.165) is 27.6 Å². The summed E-state index contributed by atoms with van der Waals surface area (Å²) in [5.74, 6) is 0.936. The smallest absolute Gasteiger partial charge is 0.227 e. The highest BCUT2D eigenvalue weighted by Gasteiger charge is 2.37. The van der Waals surface area contributed by atoms with Crippen LogP contribution in [0.15, 0.2) is 72.9 Å². The number of para-hydroxylation sites is 1. The summed E-state index contributed by atoms with van der Waals surface area (Å²) in [7, 11) is 0. The number of phenolic OH excluding ortho intramolecular Hbond substituents is 1. The molecule has 7 heteroatoms. The van der Waals surface area contributed by atoms with Crippen molar-refractivity contribution in [1.82, 2.24) is 15.2 Å². The van der Waals surface area contributed by atoms with E-state index in [-0.39, 0.29) is 29.5 Å². The minimum Gasteiger partial charge on any atom is -0.504 e. The van der Waals surface area contributed by atoms with Gasteiger partial charge in [0.2, 0.25) is 11.8 Å². The van der Waals surface area contributed by atoms with Gasteiger partial charge in [-0.3, -0.25) is 9.59 Å². The van der Waals surface area contributed by atoms with Gasteiger partial charge >= 0.3 is 0 Å². The Morgan fingerprint density at radius 2 is 1.92 bits per heavy atom. The fourth-order valence-corrected chi connectivity index (χ4v) is 5.31. The molecule has 0 saturated carbocycles. The quantitative estimate of drug-likeness (QED) is 0.399. The molecule has 0 spiro atoms. The molecule has 1 aromatic heterocycles. The van der Waals surface area contributed by atoms with Crippen LogP contribution < -0.4 is 10.1 Å². The number of aromatic amines is 1. The summed E-state index contributed by atoms with van der Waals surface area (Å²) in [5, 5.41) is 14.5. The molecule has 2 aliphatic rings. The van der Waals surface area contributed by atoms with E-state index in [4.69, 9.17) is 4.74 Å². The van der Waals surface area contributed by atoms with Crippen LogP contribution >= 0.6 is 0 Å². The number of aromatic hydroxyl groups is 1. The Morgan fingerprint density at radius 1 is 1.03 bits per heavy atom. The third-order valence-corrected chi connectivity index (χ3v) is 7.21. The van der Waals surface area contributed by atoms with Gasteiger partial charge in [-0.05, 0) is 53.4 Å². The molecule has 0 aliphatic carbocycles. The standard InChI is InChI=1S/C29H27N3O4/c33-26-10-8-18-9-11-28(34)31-25-17-32(29(35)14-20-15-30-24-7-2-1-6-22(20)24)16-23(25)19-4-3-5-21(13-19)36-27(26)12-18/h1-8,10,12-13,15,23,25,30,33H,9,11,14,16-17H2,(H,31,34)/t23-,25+/m0/s1. The lowest BCUT2D eigenvalue weighted by Crippen LogP contribution is -2.40. The van der Waals surface area contributed by atoms with Gasteiger partial charge < -0.3 is 25.0 Å². The first-order valence-electron chi connectivity index (χ1n) is 12.3.